The van der Waals surface area contributed by atoms with E-state index in [0.29, 0.717) is 5.75 Å². The van der Waals surface area contributed by atoms with Gasteiger partial charge in [-0.05, 0) is 25.5 Å². The molecule has 3 N–H and O–H groups in total. The van der Waals surface area contributed by atoms with E-state index in [4.69, 9.17) is 10.8 Å². The van der Waals surface area contributed by atoms with Crippen molar-refractivity contribution >= 4 is 17.4 Å². The van der Waals surface area contributed by atoms with Crippen molar-refractivity contribution in [3.63, 3.8) is 0 Å². The van der Waals surface area contributed by atoms with Gasteiger partial charge in [0.1, 0.15) is 0 Å². The van der Waals surface area contributed by atoms with E-state index in [0.717, 1.165) is 16.1 Å². The van der Waals surface area contributed by atoms with Gasteiger partial charge in [-0.1, -0.05) is 12.1 Å². The van der Waals surface area contributed by atoms with Crippen LogP contribution in [0.2, 0.25) is 0 Å². The van der Waals surface area contributed by atoms with E-state index >= 15 is 0 Å². The van der Waals surface area contributed by atoms with E-state index in [1.54, 1.807) is 18.7 Å². The Bertz CT molecular complexity index is 286. The molecule has 1 aromatic carbocycles. The van der Waals surface area contributed by atoms with E-state index in [1.807, 2.05) is 25.1 Å². The summed E-state index contributed by atoms with van der Waals surface area (Å²) in [5.74, 6) is 0.688. The summed E-state index contributed by atoms with van der Waals surface area (Å²) in [6.45, 7) is 3.76. The van der Waals surface area contributed by atoms with E-state index in [2.05, 4.69) is 0 Å². The Morgan fingerprint density at radius 3 is 2.85 bits per heavy atom. The summed E-state index contributed by atoms with van der Waals surface area (Å²) in [4.78, 5) is 1.06. The van der Waals surface area contributed by atoms with Gasteiger partial charge in [-0.25, -0.2) is 0 Å². The highest BCUT2D eigenvalue weighted by molar-refractivity contribution is 7.99. The van der Waals surface area contributed by atoms with Crippen LogP contribution in [0.4, 0.5) is 5.69 Å². The fraction of sp³-hybridized carbons (Fsp3) is 0.400. The Morgan fingerprint density at radius 1 is 1.54 bits per heavy atom. The molecule has 0 amide bonds. The van der Waals surface area contributed by atoms with Crippen LogP contribution >= 0.6 is 11.8 Å². The average Bonchev–Trinajstić information content (AvgIpc) is 2.07. The molecule has 0 spiro atoms. The molecule has 1 rings (SSSR count). The minimum atomic E-state index is -0.287. The van der Waals surface area contributed by atoms with E-state index in [1.165, 1.54) is 0 Å². The van der Waals surface area contributed by atoms with Gasteiger partial charge >= 0.3 is 0 Å². The largest absolute Gasteiger partial charge is 0.398 e. The minimum Gasteiger partial charge on any atom is -0.398 e. The molecule has 0 radical (unpaired) electrons. The number of thioether (sulfide) groups is 1. The first-order valence-corrected chi connectivity index (χ1v) is 5.25. The third-order valence-corrected chi connectivity index (χ3v) is 3.08. The number of para-hydroxylation sites is 1. The Labute approximate surface area is 83.1 Å². The molecular formula is C10H15NOS. The molecular weight excluding hydrogens is 182 g/mol. The van der Waals surface area contributed by atoms with E-state index in [-0.39, 0.29) is 6.10 Å². The lowest BCUT2D eigenvalue weighted by molar-refractivity contribution is 0.220. The molecule has 3 heteroatoms. The van der Waals surface area contributed by atoms with Crippen LogP contribution in [0.3, 0.4) is 0 Å². The van der Waals surface area contributed by atoms with Crippen LogP contribution in [-0.2, 0) is 0 Å². The van der Waals surface area contributed by atoms with Crippen LogP contribution in [0.5, 0.6) is 0 Å². The maximum atomic E-state index is 9.11. The Morgan fingerprint density at radius 2 is 2.23 bits per heavy atom. The normalized spacial score (nSPS) is 12.8. The number of hydrogen-bond acceptors (Lipinski definition) is 3. The minimum absolute atomic E-state index is 0.287. The lowest BCUT2D eigenvalue weighted by Crippen LogP contribution is -2.03. The Hall–Kier alpha value is -0.670. The second kappa shape index (κ2) is 4.53. The summed E-state index contributed by atoms with van der Waals surface area (Å²) in [6, 6.07) is 5.95. The molecule has 1 unspecified atom stereocenters. The lowest BCUT2D eigenvalue weighted by Gasteiger charge is -2.08. The first kappa shape index (κ1) is 10.4. The topological polar surface area (TPSA) is 46.2 Å². The van der Waals surface area contributed by atoms with E-state index in [9.17, 15) is 0 Å². The monoisotopic (exact) mass is 197 g/mol. The predicted octanol–water partition coefficient (Wildman–Crippen LogP) is 2.05. The highest BCUT2D eigenvalue weighted by Crippen LogP contribution is 2.27. The number of aryl methyl sites for hydroxylation is 1. The number of rotatable bonds is 3. The molecule has 13 heavy (non-hydrogen) atoms. The molecule has 0 aliphatic rings. The first-order chi connectivity index (χ1) is 6.11. The quantitative estimate of drug-likeness (QED) is 0.576. The van der Waals surface area contributed by atoms with Crippen LogP contribution in [-0.4, -0.2) is 17.0 Å². The van der Waals surface area contributed by atoms with Gasteiger partial charge < -0.3 is 10.8 Å². The van der Waals surface area contributed by atoms with Crippen LogP contribution in [0.25, 0.3) is 0 Å². The summed E-state index contributed by atoms with van der Waals surface area (Å²) < 4.78 is 0. The van der Waals surface area contributed by atoms with Gasteiger partial charge in [0.15, 0.2) is 0 Å². The molecule has 72 valence electrons. The molecule has 0 fully saturated rings. The maximum absolute atomic E-state index is 9.11. The number of anilines is 1. The summed E-state index contributed by atoms with van der Waals surface area (Å²) in [5, 5.41) is 9.11. The molecule has 0 saturated heterocycles. The molecule has 0 aliphatic heterocycles. The van der Waals surface area contributed by atoms with Crippen molar-refractivity contribution in [2.75, 3.05) is 11.5 Å². The number of nitrogens with two attached hydrogens (primary N) is 1. The number of nitrogen functional groups attached to an aromatic ring is 1. The average molecular weight is 197 g/mol. The summed E-state index contributed by atoms with van der Waals surface area (Å²) in [6.07, 6.45) is -0.287. The van der Waals surface area contributed by atoms with Crippen molar-refractivity contribution < 1.29 is 5.11 Å². The number of aliphatic hydroxyl groups excluding tert-OH is 1. The van der Waals surface area contributed by atoms with Crippen LogP contribution in [0.15, 0.2) is 23.1 Å². The van der Waals surface area contributed by atoms with Crippen molar-refractivity contribution in [2.45, 2.75) is 24.8 Å². The number of aliphatic hydroxyl groups is 1. The van der Waals surface area contributed by atoms with Crippen molar-refractivity contribution in [3.05, 3.63) is 23.8 Å². The van der Waals surface area contributed by atoms with Crippen LogP contribution in [0.1, 0.15) is 12.5 Å². The van der Waals surface area contributed by atoms with Crippen LogP contribution in [0, 0.1) is 6.92 Å². The summed E-state index contributed by atoms with van der Waals surface area (Å²) >= 11 is 1.59. The smallest absolute Gasteiger partial charge is 0.0606 e. The zero-order valence-corrected chi connectivity index (χ0v) is 8.77. The molecule has 0 aliphatic carbocycles. The highest BCUT2D eigenvalue weighted by atomic mass is 32.2. The Kier molecular flexibility index (Phi) is 3.63. The maximum Gasteiger partial charge on any atom is 0.0606 e. The van der Waals surface area contributed by atoms with Gasteiger partial charge in [0, 0.05) is 16.3 Å². The molecule has 0 bridgehead atoms. The molecule has 0 aromatic heterocycles. The zero-order chi connectivity index (χ0) is 9.84. The third kappa shape index (κ3) is 2.94. The third-order valence-electron chi connectivity index (χ3n) is 1.76. The van der Waals surface area contributed by atoms with Gasteiger partial charge in [-0.3, -0.25) is 0 Å². The molecule has 1 aromatic rings. The summed E-state index contributed by atoms with van der Waals surface area (Å²) in [7, 11) is 0. The molecule has 1 atom stereocenters. The molecule has 0 heterocycles. The van der Waals surface area contributed by atoms with Gasteiger partial charge in [0.2, 0.25) is 0 Å². The van der Waals surface area contributed by atoms with Crippen molar-refractivity contribution in [3.8, 4) is 0 Å². The van der Waals surface area contributed by atoms with Crippen molar-refractivity contribution in [1.82, 2.24) is 0 Å². The standard InChI is InChI=1S/C10H15NOS/c1-7-4-3-5-9(10(7)11)13-6-8(2)12/h3-5,8,12H,6,11H2,1-2H3. The van der Waals surface area contributed by atoms with Gasteiger partial charge in [-0.2, -0.15) is 0 Å². The SMILES string of the molecule is Cc1cccc(SCC(C)O)c1N. The second-order valence-electron chi connectivity index (χ2n) is 3.15. The lowest BCUT2D eigenvalue weighted by atomic mass is 10.2. The van der Waals surface area contributed by atoms with Crippen LogP contribution < -0.4 is 5.73 Å². The van der Waals surface area contributed by atoms with Crippen molar-refractivity contribution in [2.24, 2.45) is 0 Å². The van der Waals surface area contributed by atoms with Crippen molar-refractivity contribution in [1.29, 1.82) is 0 Å². The highest BCUT2D eigenvalue weighted by Gasteiger charge is 2.03. The fourth-order valence-electron chi connectivity index (χ4n) is 0.990. The van der Waals surface area contributed by atoms with Gasteiger partial charge in [0.05, 0.1) is 6.10 Å². The number of benzene rings is 1. The van der Waals surface area contributed by atoms with E-state index < -0.39 is 0 Å². The number of hydrogen-bond donors (Lipinski definition) is 2. The molecule has 2 nitrogen and oxygen atoms in total. The fourth-order valence-corrected chi connectivity index (χ4v) is 1.90. The predicted molar refractivity (Wildman–Crippen MR) is 58.0 cm³/mol. The summed E-state index contributed by atoms with van der Waals surface area (Å²) in [5.41, 5.74) is 7.79. The van der Waals surface area contributed by atoms with Gasteiger partial charge in [0.25, 0.3) is 0 Å². The zero-order valence-electron chi connectivity index (χ0n) is 7.95. The first-order valence-electron chi connectivity index (χ1n) is 4.27. The second-order valence-corrected chi connectivity index (χ2v) is 4.21. The van der Waals surface area contributed by atoms with Gasteiger partial charge in [-0.15, -0.1) is 11.8 Å². The molecule has 0 saturated carbocycles. The Balaban J connectivity index is 2.71.